The maximum Gasteiger partial charge on any atom is 0.340 e. The maximum absolute atomic E-state index is 13.1. The second-order valence-electron chi connectivity index (χ2n) is 7.39. The molecule has 4 aromatic rings. The first kappa shape index (κ1) is 23.5. The zero-order chi connectivity index (χ0) is 24.4. The molecular formula is C25H22ClN3O4S. The van der Waals surface area contributed by atoms with Gasteiger partial charge in [0, 0.05) is 21.7 Å². The lowest BCUT2D eigenvalue weighted by atomic mass is 9.95. The molecule has 9 heteroatoms. The molecule has 2 heterocycles. The van der Waals surface area contributed by atoms with Crippen LogP contribution in [0, 0.1) is 6.92 Å². The molecule has 0 unspecified atom stereocenters. The average Bonchev–Trinajstić information content (AvgIpc) is 3.14. The number of amides is 1. The third-order valence-electron chi connectivity index (χ3n) is 5.20. The van der Waals surface area contributed by atoms with Crippen LogP contribution < -0.4 is 15.8 Å². The van der Waals surface area contributed by atoms with Gasteiger partial charge in [-0.25, -0.2) is 9.78 Å². The number of fused-ring (bicyclic) bond motifs is 1. The van der Waals surface area contributed by atoms with Crippen molar-refractivity contribution in [3.63, 3.8) is 0 Å². The van der Waals surface area contributed by atoms with Gasteiger partial charge in [0.2, 0.25) is 0 Å². The van der Waals surface area contributed by atoms with Crippen LogP contribution in [0.25, 0.3) is 21.3 Å². The van der Waals surface area contributed by atoms with Crippen molar-refractivity contribution in [2.75, 3.05) is 24.8 Å². The Morgan fingerprint density at radius 2 is 1.91 bits per heavy atom. The van der Waals surface area contributed by atoms with E-state index in [9.17, 15) is 9.59 Å². The van der Waals surface area contributed by atoms with Crippen LogP contribution in [-0.4, -0.2) is 30.6 Å². The summed E-state index contributed by atoms with van der Waals surface area (Å²) in [6.07, 6.45) is 0. The van der Waals surface area contributed by atoms with Crippen molar-refractivity contribution in [2.45, 2.75) is 13.8 Å². The summed E-state index contributed by atoms with van der Waals surface area (Å²) in [4.78, 5) is 31.5. The smallest absolute Gasteiger partial charge is 0.340 e. The Labute approximate surface area is 205 Å². The van der Waals surface area contributed by atoms with E-state index >= 15 is 0 Å². The number of carbonyl (C=O) groups is 2. The summed E-state index contributed by atoms with van der Waals surface area (Å²) in [5.74, 6) is -0.224. The van der Waals surface area contributed by atoms with Gasteiger partial charge in [-0.05, 0) is 49.7 Å². The number of aromatic nitrogens is 1. The number of methoxy groups -OCH3 is 1. The number of nitrogen functional groups attached to an aromatic ring is 1. The fraction of sp³-hybridized carbons (Fsp3) is 0.160. The number of halogens is 1. The van der Waals surface area contributed by atoms with Crippen LogP contribution in [0.1, 0.15) is 32.6 Å². The highest BCUT2D eigenvalue weighted by molar-refractivity contribution is 7.21. The molecular weight excluding hydrogens is 474 g/mol. The summed E-state index contributed by atoms with van der Waals surface area (Å²) in [6, 6.07) is 14.1. The highest BCUT2D eigenvalue weighted by atomic mass is 35.5. The van der Waals surface area contributed by atoms with Gasteiger partial charge in [0.1, 0.15) is 15.5 Å². The van der Waals surface area contributed by atoms with E-state index in [0.717, 1.165) is 16.9 Å². The molecule has 0 saturated heterocycles. The van der Waals surface area contributed by atoms with Gasteiger partial charge in [0.05, 0.1) is 30.7 Å². The summed E-state index contributed by atoms with van der Waals surface area (Å²) in [6.45, 7) is 3.69. The van der Waals surface area contributed by atoms with E-state index in [-0.39, 0.29) is 17.2 Å². The zero-order valence-corrected chi connectivity index (χ0v) is 20.3. The molecule has 0 aliphatic carbocycles. The molecule has 0 fully saturated rings. The van der Waals surface area contributed by atoms with Crippen molar-refractivity contribution >= 4 is 56.4 Å². The third kappa shape index (κ3) is 4.42. The van der Waals surface area contributed by atoms with Crippen LogP contribution in [0.2, 0.25) is 5.02 Å². The monoisotopic (exact) mass is 495 g/mol. The lowest BCUT2D eigenvalue weighted by Crippen LogP contribution is -2.12. The Hall–Kier alpha value is -3.62. The number of pyridine rings is 1. The molecule has 0 spiro atoms. The lowest BCUT2D eigenvalue weighted by Gasteiger charge is -2.14. The molecule has 2 aromatic carbocycles. The normalized spacial score (nSPS) is 10.8. The quantitative estimate of drug-likeness (QED) is 0.320. The van der Waals surface area contributed by atoms with Crippen molar-refractivity contribution in [1.29, 1.82) is 0 Å². The van der Waals surface area contributed by atoms with Crippen LogP contribution in [0.15, 0.2) is 48.5 Å². The number of aryl methyl sites for hydroxylation is 1. The largest absolute Gasteiger partial charge is 0.497 e. The van der Waals surface area contributed by atoms with E-state index in [0.29, 0.717) is 43.5 Å². The minimum Gasteiger partial charge on any atom is -0.497 e. The number of nitrogens with two attached hydrogens (primary N) is 1. The lowest BCUT2D eigenvalue weighted by molar-refractivity contribution is 0.0526. The van der Waals surface area contributed by atoms with Crippen LogP contribution in [0.5, 0.6) is 5.75 Å². The molecule has 0 radical (unpaired) electrons. The number of esters is 1. The first-order valence-electron chi connectivity index (χ1n) is 10.4. The number of thiophene rings is 1. The third-order valence-corrected chi connectivity index (χ3v) is 6.54. The van der Waals surface area contributed by atoms with Crippen LogP contribution >= 0.6 is 22.9 Å². The number of hydrogen-bond donors (Lipinski definition) is 2. The van der Waals surface area contributed by atoms with E-state index in [1.54, 1.807) is 57.4 Å². The molecule has 4 rings (SSSR count). The number of hydrogen-bond acceptors (Lipinski definition) is 7. The standard InChI is InChI=1S/C25H22ClN3O4S/c1-4-33-25(31)18-13(2)28-24-20(19(18)14-8-10-17(32-3)11-9-14)21(27)22(34-24)23(30)29-16-7-5-6-15(26)12-16/h5-12H,4,27H2,1-3H3,(H,29,30). The predicted molar refractivity (Wildman–Crippen MR) is 136 cm³/mol. The Morgan fingerprint density at radius 3 is 2.56 bits per heavy atom. The minimum atomic E-state index is -0.504. The first-order valence-corrected chi connectivity index (χ1v) is 11.6. The number of nitrogens with zero attached hydrogens (tertiary/aromatic N) is 1. The summed E-state index contributed by atoms with van der Waals surface area (Å²) < 4.78 is 10.6. The van der Waals surface area contributed by atoms with Crippen LogP contribution in [0.4, 0.5) is 11.4 Å². The van der Waals surface area contributed by atoms with Gasteiger partial charge in [-0.2, -0.15) is 0 Å². The Kier molecular flexibility index (Phi) is 6.72. The van der Waals surface area contributed by atoms with Crippen molar-refractivity contribution < 1.29 is 19.1 Å². The number of carbonyl (C=O) groups excluding carboxylic acids is 2. The summed E-state index contributed by atoms with van der Waals surface area (Å²) >= 11 is 7.20. The van der Waals surface area contributed by atoms with Gasteiger partial charge >= 0.3 is 5.97 Å². The van der Waals surface area contributed by atoms with E-state index in [2.05, 4.69) is 10.3 Å². The van der Waals surface area contributed by atoms with E-state index in [1.165, 1.54) is 0 Å². The van der Waals surface area contributed by atoms with Crippen molar-refractivity contribution in [1.82, 2.24) is 4.98 Å². The van der Waals surface area contributed by atoms with Crippen LogP contribution in [0.3, 0.4) is 0 Å². The minimum absolute atomic E-state index is 0.213. The second-order valence-corrected chi connectivity index (χ2v) is 8.82. The topological polar surface area (TPSA) is 104 Å². The Balaban J connectivity index is 1.92. The Morgan fingerprint density at radius 1 is 1.18 bits per heavy atom. The van der Waals surface area contributed by atoms with E-state index in [1.807, 2.05) is 12.1 Å². The van der Waals surface area contributed by atoms with Crippen molar-refractivity contribution in [3.05, 3.63) is 69.7 Å². The molecule has 0 bridgehead atoms. The number of ether oxygens (including phenoxy) is 2. The highest BCUT2D eigenvalue weighted by Gasteiger charge is 2.27. The maximum atomic E-state index is 13.1. The number of rotatable bonds is 6. The van der Waals surface area contributed by atoms with Gasteiger partial charge in [0.15, 0.2) is 0 Å². The molecule has 0 aliphatic heterocycles. The molecule has 2 aromatic heterocycles. The van der Waals surface area contributed by atoms with Gasteiger partial charge < -0.3 is 20.5 Å². The summed E-state index contributed by atoms with van der Waals surface area (Å²) in [5, 5.41) is 3.85. The number of benzene rings is 2. The zero-order valence-electron chi connectivity index (χ0n) is 18.8. The SMILES string of the molecule is CCOC(=O)c1c(C)nc2sc(C(=O)Nc3cccc(Cl)c3)c(N)c2c1-c1ccc(OC)cc1. The Bertz CT molecular complexity index is 1400. The molecule has 0 saturated carbocycles. The van der Waals surface area contributed by atoms with Crippen molar-refractivity contribution in [3.8, 4) is 16.9 Å². The van der Waals surface area contributed by atoms with Gasteiger partial charge in [-0.1, -0.05) is 29.8 Å². The van der Waals surface area contributed by atoms with Gasteiger partial charge in [0.25, 0.3) is 5.91 Å². The molecule has 3 N–H and O–H groups in total. The molecule has 34 heavy (non-hydrogen) atoms. The van der Waals surface area contributed by atoms with Gasteiger partial charge in [-0.15, -0.1) is 11.3 Å². The molecule has 7 nitrogen and oxygen atoms in total. The number of anilines is 2. The van der Waals surface area contributed by atoms with Gasteiger partial charge in [-0.3, -0.25) is 4.79 Å². The summed E-state index contributed by atoms with van der Waals surface area (Å²) in [5.41, 5.74) is 9.39. The molecule has 1 amide bonds. The fourth-order valence-electron chi connectivity index (χ4n) is 3.69. The predicted octanol–water partition coefficient (Wildman–Crippen LogP) is 5.94. The van der Waals surface area contributed by atoms with E-state index in [4.69, 9.17) is 26.8 Å². The van der Waals surface area contributed by atoms with Crippen LogP contribution in [-0.2, 0) is 4.74 Å². The second kappa shape index (κ2) is 9.70. The summed E-state index contributed by atoms with van der Waals surface area (Å²) in [7, 11) is 1.58. The average molecular weight is 496 g/mol. The first-order chi connectivity index (χ1) is 16.3. The molecule has 174 valence electrons. The fourth-order valence-corrected chi connectivity index (χ4v) is 4.92. The molecule has 0 atom stereocenters. The number of nitrogens with one attached hydrogen (secondary N) is 1. The highest BCUT2D eigenvalue weighted by Crippen LogP contribution is 2.42. The van der Waals surface area contributed by atoms with E-state index < -0.39 is 11.9 Å². The van der Waals surface area contributed by atoms with Crippen molar-refractivity contribution in [2.24, 2.45) is 0 Å². The molecule has 0 aliphatic rings.